The molecule has 0 aliphatic carbocycles. The van der Waals surface area contributed by atoms with Crippen LogP contribution in [0.25, 0.3) is 0 Å². The molecule has 0 atom stereocenters. The maximum absolute atomic E-state index is 10.5. The Hall–Kier alpha value is -2.00. The Morgan fingerprint density at radius 1 is 0.739 bits per heavy atom. The second kappa shape index (κ2) is 10.7. The summed E-state index contributed by atoms with van der Waals surface area (Å²) < 4.78 is 0. The average molecular weight is 364 g/mol. The molecule has 4 nitrogen and oxygen atoms in total. The van der Waals surface area contributed by atoms with Crippen molar-refractivity contribution < 1.29 is 39.3 Å². The van der Waals surface area contributed by atoms with Gasteiger partial charge in [0.05, 0.1) is 11.9 Å². The van der Waals surface area contributed by atoms with Crippen LogP contribution in [0.4, 0.5) is 0 Å². The van der Waals surface area contributed by atoms with Crippen LogP contribution in [0.1, 0.15) is 45.7 Å². The molecule has 0 bridgehead atoms. The van der Waals surface area contributed by atoms with Gasteiger partial charge in [-0.1, -0.05) is 62.4 Å². The van der Waals surface area contributed by atoms with Crippen molar-refractivity contribution in [2.45, 2.75) is 26.7 Å². The third-order valence-corrected chi connectivity index (χ3v) is 3.24. The predicted octanol–water partition coefficient (Wildman–Crippen LogP) is 1.22. The van der Waals surface area contributed by atoms with Crippen molar-refractivity contribution in [3.63, 3.8) is 0 Å². The van der Waals surface area contributed by atoms with Crippen LogP contribution in [0, 0.1) is 0 Å². The Kier molecular flexibility index (Phi) is 9.76. The Bertz CT molecular complexity index is 595. The fourth-order valence-electron chi connectivity index (χ4n) is 2.06. The van der Waals surface area contributed by atoms with Gasteiger partial charge in [0.15, 0.2) is 0 Å². The monoisotopic (exact) mass is 362 g/mol. The van der Waals surface area contributed by atoms with Crippen molar-refractivity contribution in [3.8, 4) is 0 Å². The smallest absolute Gasteiger partial charge is 0.545 e. The molecule has 0 heterocycles. The van der Waals surface area contributed by atoms with Gasteiger partial charge in [-0.25, -0.2) is 0 Å². The molecule has 0 aromatic heterocycles. The quantitative estimate of drug-likeness (QED) is 0.765. The number of carbonyl (C=O) groups is 2. The van der Waals surface area contributed by atoms with Crippen molar-refractivity contribution in [2.24, 2.45) is 0 Å². The normalized spacial score (nSPS) is 9.13. The first-order valence-electron chi connectivity index (χ1n) is 7.09. The molecule has 0 saturated heterocycles. The van der Waals surface area contributed by atoms with E-state index in [1.807, 2.05) is 26.0 Å². The molecule has 0 fully saturated rings. The molecule has 0 aliphatic heterocycles. The van der Waals surface area contributed by atoms with Gasteiger partial charge in [-0.2, -0.15) is 0 Å². The summed E-state index contributed by atoms with van der Waals surface area (Å²) in [4.78, 5) is 20.9. The Morgan fingerprint density at radius 2 is 1.04 bits per heavy atom. The number of carboxylic acid groups (broad SMARTS) is 2. The number of aromatic carboxylic acids is 2. The molecule has 2 aromatic rings. The topological polar surface area (TPSA) is 80.3 Å². The molecular formula is C18H18O4Zn. The summed E-state index contributed by atoms with van der Waals surface area (Å²) in [5.41, 5.74) is 2.25. The molecule has 0 N–H and O–H groups in total. The first-order chi connectivity index (χ1) is 10.5. The number of carbonyl (C=O) groups excluding carboxylic acids is 2. The zero-order valence-electron chi connectivity index (χ0n) is 13.4. The Morgan fingerprint density at radius 3 is 1.26 bits per heavy atom. The number of rotatable bonds is 4. The first kappa shape index (κ1) is 21.0. The maximum Gasteiger partial charge on any atom is 2.00 e. The number of carboxylic acids is 2. The van der Waals surface area contributed by atoms with Gasteiger partial charge >= 0.3 is 19.5 Å². The second-order valence-electron chi connectivity index (χ2n) is 4.60. The Labute approximate surface area is 148 Å². The summed E-state index contributed by atoms with van der Waals surface area (Å²) in [6.07, 6.45) is 1.45. The summed E-state index contributed by atoms with van der Waals surface area (Å²) in [6, 6.07) is 13.8. The van der Waals surface area contributed by atoms with Crippen molar-refractivity contribution >= 4 is 11.9 Å². The molecule has 0 saturated carbocycles. The third kappa shape index (κ3) is 6.33. The van der Waals surface area contributed by atoms with Crippen LogP contribution in [0.5, 0.6) is 0 Å². The van der Waals surface area contributed by atoms with Crippen LogP contribution < -0.4 is 10.2 Å². The van der Waals surface area contributed by atoms with Crippen LogP contribution in [0.15, 0.2) is 48.5 Å². The van der Waals surface area contributed by atoms with Crippen LogP contribution >= 0.6 is 0 Å². The summed E-state index contributed by atoms with van der Waals surface area (Å²) in [6.45, 7) is 3.84. The molecule has 5 heteroatoms. The van der Waals surface area contributed by atoms with E-state index in [9.17, 15) is 19.8 Å². The van der Waals surface area contributed by atoms with E-state index in [1.165, 1.54) is 0 Å². The largest absolute Gasteiger partial charge is 2.00 e. The van der Waals surface area contributed by atoms with Gasteiger partial charge in [0.25, 0.3) is 0 Å². The van der Waals surface area contributed by atoms with Gasteiger partial charge in [0.2, 0.25) is 0 Å². The fraction of sp³-hybridized carbons (Fsp3) is 0.222. The van der Waals surface area contributed by atoms with E-state index >= 15 is 0 Å². The number of benzene rings is 2. The van der Waals surface area contributed by atoms with E-state index in [0.717, 1.165) is 24.0 Å². The molecule has 0 unspecified atom stereocenters. The summed E-state index contributed by atoms with van der Waals surface area (Å²) in [7, 11) is 0. The van der Waals surface area contributed by atoms with E-state index in [2.05, 4.69) is 0 Å². The molecule has 2 rings (SSSR count). The van der Waals surface area contributed by atoms with Gasteiger partial charge in [0, 0.05) is 11.1 Å². The van der Waals surface area contributed by atoms with Crippen molar-refractivity contribution in [2.75, 3.05) is 0 Å². The van der Waals surface area contributed by atoms with Gasteiger partial charge in [-0.15, -0.1) is 0 Å². The van der Waals surface area contributed by atoms with E-state index in [0.29, 0.717) is 11.1 Å². The molecule has 2 aromatic carbocycles. The van der Waals surface area contributed by atoms with E-state index in [4.69, 9.17) is 0 Å². The average Bonchev–Trinajstić information content (AvgIpc) is 2.55. The number of hydrogen-bond acceptors (Lipinski definition) is 4. The maximum atomic E-state index is 10.5. The molecule has 116 valence electrons. The van der Waals surface area contributed by atoms with Crippen molar-refractivity contribution in [1.29, 1.82) is 0 Å². The number of hydrogen-bond donors (Lipinski definition) is 0. The number of aryl methyl sites for hydroxylation is 2. The molecule has 0 aliphatic rings. The van der Waals surface area contributed by atoms with Gasteiger partial charge in [-0.05, 0) is 24.0 Å². The van der Waals surface area contributed by atoms with Crippen LogP contribution in [0.3, 0.4) is 0 Å². The van der Waals surface area contributed by atoms with Crippen molar-refractivity contribution in [1.82, 2.24) is 0 Å². The second-order valence-corrected chi connectivity index (χ2v) is 4.60. The van der Waals surface area contributed by atoms with Crippen LogP contribution in [0.2, 0.25) is 0 Å². The van der Waals surface area contributed by atoms with Crippen molar-refractivity contribution in [3.05, 3.63) is 70.8 Å². The fourth-order valence-corrected chi connectivity index (χ4v) is 2.06. The minimum Gasteiger partial charge on any atom is -0.545 e. The van der Waals surface area contributed by atoms with Crippen LogP contribution in [-0.2, 0) is 32.3 Å². The van der Waals surface area contributed by atoms with E-state index < -0.39 is 11.9 Å². The third-order valence-electron chi connectivity index (χ3n) is 3.24. The van der Waals surface area contributed by atoms with Gasteiger partial charge < -0.3 is 19.8 Å². The molecular weight excluding hydrogens is 346 g/mol. The minimum atomic E-state index is -1.09. The minimum absolute atomic E-state index is 0. The van der Waals surface area contributed by atoms with Gasteiger partial charge in [-0.3, -0.25) is 0 Å². The Balaban J connectivity index is 0.000000403. The zero-order chi connectivity index (χ0) is 16.5. The zero-order valence-corrected chi connectivity index (χ0v) is 16.3. The van der Waals surface area contributed by atoms with E-state index in [1.54, 1.807) is 36.4 Å². The van der Waals surface area contributed by atoms with E-state index in [-0.39, 0.29) is 19.5 Å². The van der Waals surface area contributed by atoms with Gasteiger partial charge in [0.1, 0.15) is 0 Å². The summed E-state index contributed by atoms with van der Waals surface area (Å²) in [5.74, 6) is -2.19. The molecule has 0 spiro atoms. The summed E-state index contributed by atoms with van der Waals surface area (Å²) >= 11 is 0. The molecule has 23 heavy (non-hydrogen) atoms. The molecule has 0 radical (unpaired) electrons. The predicted molar refractivity (Wildman–Crippen MR) is 80.3 cm³/mol. The standard InChI is InChI=1S/2C9H10O2.Zn/c2*1-2-7-5-3-4-6-8(7)9(10)11;/h2*3-6H,2H2,1H3,(H,10,11);/q;;+2/p-2. The summed E-state index contributed by atoms with van der Waals surface area (Å²) in [5, 5.41) is 20.9. The molecule has 0 amide bonds. The SMILES string of the molecule is CCc1ccccc1C(=O)[O-].CCc1ccccc1C(=O)[O-].[Zn+2]. The first-order valence-corrected chi connectivity index (χ1v) is 7.09. The van der Waals surface area contributed by atoms with Crippen LogP contribution in [-0.4, -0.2) is 11.9 Å².